The van der Waals surface area contributed by atoms with E-state index in [0.29, 0.717) is 24.1 Å². The van der Waals surface area contributed by atoms with Gasteiger partial charge in [0.2, 0.25) is 5.91 Å². The average molecular weight is 468 g/mol. The first-order chi connectivity index (χ1) is 15.8. The molecule has 4 atom stereocenters. The molecule has 2 amide bonds. The van der Waals surface area contributed by atoms with Crippen LogP contribution in [0.25, 0.3) is 10.2 Å². The highest BCUT2D eigenvalue weighted by atomic mass is 32.1. The first kappa shape index (κ1) is 22.1. The van der Waals surface area contributed by atoms with Gasteiger partial charge in [-0.2, -0.15) is 0 Å². The molecule has 1 fully saturated rings. The maximum Gasteiger partial charge on any atom is 0.271 e. The molecule has 3 aromatic rings. The molecule has 0 saturated heterocycles. The van der Waals surface area contributed by atoms with Crippen LogP contribution in [0.4, 0.5) is 4.39 Å². The van der Waals surface area contributed by atoms with E-state index in [2.05, 4.69) is 19.2 Å². The van der Waals surface area contributed by atoms with Gasteiger partial charge in [-0.3, -0.25) is 9.59 Å². The summed E-state index contributed by atoms with van der Waals surface area (Å²) in [6, 6.07) is 10.2. The number of nitrogens with zero attached hydrogens (tertiary/aromatic N) is 2. The monoisotopic (exact) mass is 467 g/mol. The lowest BCUT2D eigenvalue weighted by molar-refractivity contribution is -0.134. The van der Waals surface area contributed by atoms with Crippen LogP contribution in [0.5, 0.6) is 0 Å². The van der Waals surface area contributed by atoms with Crippen molar-refractivity contribution in [2.45, 2.75) is 64.7 Å². The minimum Gasteiger partial charge on any atom is -0.351 e. The highest BCUT2D eigenvalue weighted by Gasteiger charge is 2.48. The number of hydrogen-bond acceptors (Lipinski definition) is 3. The molecule has 33 heavy (non-hydrogen) atoms. The standard InChI is InChI=1S/C26H30FN3O2S/c1-16-5-4-6-20(17(16)2)28-25(32)26(3)15-29-21-11-12-33-23(21)13-22(29)24(31)30(26)14-18-7-9-19(27)10-8-18/h7-13,16-17,20H,4-6,14-15H2,1-3H3,(H,28,32). The molecule has 1 N–H and O–H groups in total. The molecule has 4 unspecified atom stereocenters. The molecule has 1 saturated carbocycles. The van der Waals surface area contributed by atoms with E-state index in [1.807, 2.05) is 29.0 Å². The number of halogens is 1. The number of thiophene rings is 1. The minimum absolute atomic E-state index is 0.105. The summed E-state index contributed by atoms with van der Waals surface area (Å²) in [6.45, 7) is 6.95. The Morgan fingerprint density at radius 3 is 2.73 bits per heavy atom. The highest BCUT2D eigenvalue weighted by molar-refractivity contribution is 7.17. The lowest BCUT2D eigenvalue weighted by Gasteiger charge is -2.45. The van der Waals surface area contributed by atoms with Crippen LogP contribution in [0.15, 0.2) is 41.8 Å². The Morgan fingerprint density at radius 2 is 1.97 bits per heavy atom. The maximum absolute atomic E-state index is 13.9. The molecule has 1 aliphatic carbocycles. The molecule has 174 valence electrons. The lowest BCUT2D eigenvalue weighted by atomic mass is 9.77. The Balaban J connectivity index is 1.52. The van der Waals surface area contributed by atoms with E-state index in [1.54, 1.807) is 28.4 Å². The normalized spacial score (nSPS) is 27.6. The van der Waals surface area contributed by atoms with E-state index in [-0.39, 0.29) is 30.2 Å². The molecule has 0 bridgehead atoms. The maximum atomic E-state index is 13.9. The van der Waals surface area contributed by atoms with Gasteiger partial charge in [0.05, 0.1) is 16.8 Å². The SMILES string of the molecule is CC1CCCC(NC(=O)C2(C)Cn3c(cc4sccc43)C(=O)N2Cc2ccc(F)cc2)C1C. The summed E-state index contributed by atoms with van der Waals surface area (Å²) < 4.78 is 16.5. The van der Waals surface area contributed by atoms with Crippen molar-refractivity contribution in [2.24, 2.45) is 11.8 Å². The molecule has 5 nitrogen and oxygen atoms in total. The molecule has 7 heteroatoms. The zero-order chi connectivity index (χ0) is 23.3. The van der Waals surface area contributed by atoms with E-state index in [9.17, 15) is 14.0 Å². The third-order valence-electron chi connectivity index (χ3n) is 7.82. The lowest BCUT2D eigenvalue weighted by Crippen LogP contribution is -2.65. The number of carbonyl (C=O) groups is 2. The van der Waals surface area contributed by atoms with Crippen LogP contribution < -0.4 is 5.32 Å². The molecule has 1 aromatic carbocycles. The van der Waals surface area contributed by atoms with Crippen LogP contribution in [0.3, 0.4) is 0 Å². The molecule has 5 rings (SSSR count). The van der Waals surface area contributed by atoms with E-state index in [1.165, 1.54) is 18.6 Å². The van der Waals surface area contributed by atoms with Crippen LogP contribution in [0, 0.1) is 17.7 Å². The van der Waals surface area contributed by atoms with Crippen molar-refractivity contribution in [3.63, 3.8) is 0 Å². The fraction of sp³-hybridized carbons (Fsp3) is 0.462. The summed E-state index contributed by atoms with van der Waals surface area (Å²) in [4.78, 5) is 29.3. The van der Waals surface area contributed by atoms with Crippen molar-refractivity contribution in [1.29, 1.82) is 0 Å². The number of aromatic nitrogens is 1. The second-order valence-corrected chi connectivity index (χ2v) is 10.9. The number of nitrogens with one attached hydrogen (secondary N) is 1. The zero-order valence-corrected chi connectivity index (χ0v) is 20.1. The van der Waals surface area contributed by atoms with Gasteiger partial charge in [0.15, 0.2) is 0 Å². The van der Waals surface area contributed by atoms with E-state index in [4.69, 9.17) is 0 Å². The number of rotatable bonds is 4. The van der Waals surface area contributed by atoms with Crippen LogP contribution in [-0.4, -0.2) is 32.9 Å². The Hall–Kier alpha value is -2.67. The predicted octanol–water partition coefficient (Wildman–Crippen LogP) is 5.20. The number of amides is 2. The molecule has 2 aromatic heterocycles. The van der Waals surface area contributed by atoms with Gasteiger partial charge in [0.1, 0.15) is 17.1 Å². The Morgan fingerprint density at radius 1 is 1.21 bits per heavy atom. The number of benzene rings is 1. The Kier molecular flexibility index (Phi) is 5.55. The molecular weight excluding hydrogens is 437 g/mol. The zero-order valence-electron chi connectivity index (χ0n) is 19.3. The van der Waals surface area contributed by atoms with E-state index in [0.717, 1.165) is 28.6 Å². The number of hydrogen-bond donors (Lipinski definition) is 1. The number of carbonyl (C=O) groups excluding carboxylic acids is 2. The van der Waals surface area contributed by atoms with Gasteiger partial charge >= 0.3 is 0 Å². The summed E-state index contributed by atoms with van der Waals surface area (Å²) in [7, 11) is 0. The van der Waals surface area contributed by atoms with Gasteiger partial charge in [-0.1, -0.05) is 38.8 Å². The fourth-order valence-corrected chi connectivity index (χ4v) is 6.23. The highest BCUT2D eigenvalue weighted by Crippen LogP contribution is 2.36. The third-order valence-corrected chi connectivity index (χ3v) is 8.67. The van der Waals surface area contributed by atoms with Crippen LogP contribution >= 0.6 is 11.3 Å². The van der Waals surface area contributed by atoms with Crippen LogP contribution in [-0.2, 0) is 17.9 Å². The third kappa shape index (κ3) is 3.76. The van der Waals surface area contributed by atoms with Crippen molar-refractivity contribution in [3.8, 4) is 0 Å². The Labute approximate surface area is 197 Å². The first-order valence-electron chi connectivity index (χ1n) is 11.7. The molecule has 0 radical (unpaired) electrons. The molecular formula is C26H30FN3O2S. The first-order valence-corrected chi connectivity index (χ1v) is 12.6. The quantitative estimate of drug-likeness (QED) is 0.574. The van der Waals surface area contributed by atoms with Gasteiger partial charge in [0.25, 0.3) is 5.91 Å². The van der Waals surface area contributed by atoms with Crippen molar-refractivity contribution in [1.82, 2.24) is 14.8 Å². The summed E-state index contributed by atoms with van der Waals surface area (Å²) in [5.41, 5.74) is 1.32. The topological polar surface area (TPSA) is 54.3 Å². The molecule has 0 spiro atoms. The summed E-state index contributed by atoms with van der Waals surface area (Å²) in [5, 5.41) is 5.33. The van der Waals surface area contributed by atoms with Gasteiger partial charge in [0, 0.05) is 12.6 Å². The van der Waals surface area contributed by atoms with Crippen LogP contribution in [0.1, 0.15) is 56.1 Å². The predicted molar refractivity (Wildman–Crippen MR) is 129 cm³/mol. The summed E-state index contributed by atoms with van der Waals surface area (Å²) in [6.07, 6.45) is 3.24. The van der Waals surface area contributed by atoms with Crippen molar-refractivity contribution in [3.05, 3.63) is 58.9 Å². The minimum atomic E-state index is -1.06. The smallest absolute Gasteiger partial charge is 0.271 e. The van der Waals surface area contributed by atoms with Gasteiger partial charge in [-0.25, -0.2) is 4.39 Å². The van der Waals surface area contributed by atoms with Crippen LogP contribution in [0.2, 0.25) is 0 Å². The van der Waals surface area contributed by atoms with Gasteiger partial charge < -0.3 is 14.8 Å². The Bertz CT molecular complexity index is 1200. The largest absolute Gasteiger partial charge is 0.351 e. The molecule has 2 aliphatic rings. The number of fused-ring (bicyclic) bond motifs is 3. The summed E-state index contributed by atoms with van der Waals surface area (Å²) >= 11 is 1.59. The van der Waals surface area contributed by atoms with Gasteiger partial charge in [-0.05, 0) is 60.4 Å². The average Bonchev–Trinajstić information content (AvgIpc) is 3.38. The summed E-state index contributed by atoms with van der Waals surface area (Å²) in [5.74, 6) is 0.338. The molecule has 1 aliphatic heterocycles. The van der Waals surface area contributed by atoms with E-state index >= 15 is 0 Å². The second-order valence-electron chi connectivity index (χ2n) is 9.92. The van der Waals surface area contributed by atoms with Crippen molar-refractivity contribution >= 4 is 33.4 Å². The van der Waals surface area contributed by atoms with Gasteiger partial charge in [-0.15, -0.1) is 11.3 Å². The van der Waals surface area contributed by atoms with E-state index < -0.39 is 5.54 Å². The van der Waals surface area contributed by atoms with Crippen molar-refractivity contribution in [2.75, 3.05) is 0 Å². The van der Waals surface area contributed by atoms with Crippen molar-refractivity contribution < 1.29 is 14.0 Å². The fourth-order valence-electron chi connectivity index (χ4n) is 5.40. The second kappa shape index (κ2) is 8.28. The molecule has 3 heterocycles.